The second kappa shape index (κ2) is 9.47. The Bertz CT molecular complexity index is 1040. The van der Waals surface area contributed by atoms with Gasteiger partial charge in [0.15, 0.2) is 5.76 Å². The van der Waals surface area contributed by atoms with Crippen molar-refractivity contribution in [1.82, 2.24) is 9.78 Å². The van der Waals surface area contributed by atoms with E-state index in [2.05, 4.69) is 36.7 Å². The van der Waals surface area contributed by atoms with Crippen molar-refractivity contribution in [3.63, 3.8) is 0 Å². The van der Waals surface area contributed by atoms with Gasteiger partial charge in [-0.2, -0.15) is 23.5 Å². The minimum atomic E-state index is -5.16. The molecule has 0 N–H and O–H groups in total. The molecular formula is C23H26F3N3O3. The van der Waals surface area contributed by atoms with Crippen LogP contribution in [0.1, 0.15) is 57.1 Å². The summed E-state index contributed by atoms with van der Waals surface area (Å²) in [6.07, 6.45) is -6.76. The number of carbonyl (C=O) groups is 1. The van der Waals surface area contributed by atoms with E-state index < -0.39 is 18.4 Å². The molecule has 6 nitrogen and oxygen atoms in total. The van der Waals surface area contributed by atoms with E-state index in [1.807, 2.05) is 19.1 Å². The monoisotopic (exact) mass is 449 g/mol. The Kier molecular flexibility index (Phi) is 7.39. The van der Waals surface area contributed by atoms with Gasteiger partial charge in [-0.25, -0.2) is 4.79 Å². The zero-order chi connectivity index (χ0) is 24.3. The van der Waals surface area contributed by atoms with Crippen molar-refractivity contribution >= 4 is 17.3 Å². The van der Waals surface area contributed by atoms with Crippen LogP contribution in [0.5, 0.6) is 0 Å². The molecule has 1 aromatic heterocycles. The van der Waals surface area contributed by atoms with Crippen LogP contribution in [-0.2, 0) is 26.2 Å². The van der Waals surface area contributed by atoms with E-state index in [0.717, 1.165) is 12.5 Å². The maximum Gasteiger partial charge on any atom is 0.491 e. The molecule has 2 aromatic rings. The molecule has 0 aliphatic heterocycles. The van der Waals surface area contributed by atoms with Crippen molar-refractivity contribution in [3.05, 3.63) is 52.8 Å². The van der Waals surface area contributed by atoms with Gasteiger partial charge < -0.3 is 9.47 Å². The highest BCUT2D eigenvalue weighted by atomic mass is 19.4. The summed E-state index contributed by atoms with van der Waals surface area (Å²) in [4.78, 5) is 11.2. The maximum absolute atomic E-state index is 12.6. The van der Waals surface area contributed by atoms with Crippen LogP contribution in [0.4, 0.5) is 13.2 Å². The van der Waals surface area contributed by atoms with Crippen LogP contribution in [0.15, 0.2) is 30.3 Å². The van der Waals surface area contributed by atoms with E-state index in [9.17, 15) is 23.2 Å². The molecule has 1 unspecified atom stereocenters. The average molecular weight is 449 g/mol. The van der Waals surface area contributed by atoms with Crippen molar-refractivity contribution in [2.45, 2.75) is 66.0 Å². The topological polar surface area (TPSA) is 77.1 Å². The average Bonchev–Trinajstić information content (AvgIpc) is 3.07. The first-order chi connectivity index (χ1) is 14.8. The van der Waals surface area contributed by atoms with Gasteiger partial charge in [0.1, 0.15) is 17.3 Å². The predicted octanol–water partition coefficient (Wildman–Crippen LogP) is 5.37. The number of carbonyl (C=O) groups excluding carboxylic acids is 1. The van der Waals surface area contributed by atoms with Crippen molar-refractivity contribution < 1.29 is 27.4 Å². The Hall–Kier alpha value is -3.28. The van der Waals surface area contributed by atoms with E-state index in [1.54, 1.807) is 29.8 Å². The number of nitrogens with zero attached hydrogens (tertiary/aromatic N) is 3. The second-order valence-electron chi connectivity index (χ2n) is 8.22. The van der Waals surface area contributed by atoms with Gasteiger partial charge in [-0.05, 0) is 36.5 Å². The van der Waals surface area contributed by atoms with Crippen LogP contribution >= 0.6 is 0 Å². The Balaban J connectivity index is 2.58. The summed E-state index contributed by atoms with van der Waals surface area (Å²) in [5, 5.41) is 14.2. The van der Waals surface area contributed by atoms with E-state index in [1.165, 1.54) is 0 Å². The van der Waals surface area contributed by atoms with Gasteiger partial charge in [-0.15, -0.1) is 0 Å². The molecular weight excluding hydrogens is 423 g/mol. The van der Waals surface area contributed by atoms with Crippen molar-refractivity contribution in [2.75, 3.05) is 0 Å². The van der Waals surface area contributed by atoms with Gasteiger partial charge in [0.05, 0.1) is 5.69 Å². The number of aryl methyl sites for hydroxylation is 2. The fourth-order valence-corrected chi connectivity index (χ4v) is 3.01. The lowest BCUT2D eigenvalue weighted by atomic mass is 9.86. The smallest absolute Gasteiger partial charge is 0.451 e. The van der Waals surface area contributed by atoms with Crippen molar-refractivity contribution in [3.8, 4) is 6.07 Å². The molecule has 0 spiro atoms. The fourth-order valence-electron chi connectivity index (χ4n) is 3.01. The van der Waals surface area contributed by atoms with Crippen LogP contribution in [0, 0.1) is 18.3 Å². The van der Waals surface area contributed by atoms with Gasteiger partial charge in [-0.3, -0.25) is 4.68 Å². The third kappa shape index (κ3) is 5.90. The van der Waals surface area contributed by atoms with Crippen molar-refractivity contribution in [1.29, 1.82) is 5.26 Å². The summed E-state index contributed by atoms with van der Waals surface area (Å²) in [6.45, 7) is 11.3. The molecule has 1 heterocycles. The SMILES string of the molecule is CCn1nc(C)cc1/C(OC(C)OC(=O)C(F)(F)F)=C(\C#N)c1ccc(C(C)(C)C)cc1. The fraction of sp³-hybridized carbons (Fsp3) is 0.435. The van der Waals surface area contributed by atoms with Crippen LogP contribution in [-0.4, -0.2) is 28.2 Å². The molecule has 0 fully saturated rings. The molecule has 1 aromatic carbocycles. The summed E-state index contributed by atoms with van der Waals surface area (Å²) >= 11 is 0. The standard InChI is InChI=1S/C23H26F3N3O3/c1-7-29-19(12-14(2)28-29)20(31-15(3)32-21(30)23(24,25)26)18(13-27)16-8-10-17(11-9-16)22(4,5)6/h8-12,15H,7H2,1-6H3/b20-18-. The molecule has 0 saturated heterocycles. The van der Waals surface area contributed by atoms with Gasteiger partial charge >= 0.3 is 12.1 Å². The Morgan fingerprint density at radius 3 is 2.25 bits per heavy atom. The van der Waals surface area contributed by atoms with Crippen LogP contribution in [0.2, 0.25) is 0 Å². The third-order valence-electron chi connectivity index (χ3n) is 4.60. The number of halogens is 3. The number of hydrogen-bond donors (Lipinski definition) is 0. The Morgan fingerprint density at radius 2 is 1.78 bits per heavy atom. The molecule has 9 heteroatoms. The highest BCUT2D eigenvalue weighted by Crippen LogP contribution is 2.31. The summed E-state index contributed by atoms with van der Waals surface area (Å²) in [6, 6.07) is 11.0. The highest BCUT2D eigenvalue weighted by molar-refractivity contribution is 5.94. The van der Waals surface area contributed by atoms with Gasteiger partial charge in [0.25, 0.3) is 0 Å². The number of ether oxygens (including phenoxy) is 2. The first kappa shape index (κ1) is 25.0. The number of benzene rings is 1. The summed E-state index contributed by atoms with van der Waals surface area (Å²) < 4.78 is 49.4. The number of alkyl halides is 3. The normalized spacial score (nSPS) is 13.8. The molecule has 0 amide bonds. The van der Waals surface area contributed by atoms with E-state index in [0.29, 0.717) is 23.5 Å². The Labute approximate surface area is 185 Å². The minimum Gasteiger partial charge on any atom is -0.451 e. The molecule has 0 bridgehead atoms. The first-order valence-corrected chi connectivity index (χ1v) is 10.0. The van der Waals surface area contributed by atoms with Crippen LogP contribution in [0.25, 0.3) is 11.3 Å². The van der Waals surface area contributed by atoms with Gasteiger partial charge in [0, 0.05) is 13.5 Å². The van der Waals surface area contributed by atoms with E-state index >= 15 is 0 Å². The second-order valence-corrected chi connectivity index (χ2v) is 8.22. The number of hydrogen-bond acceptors (Lipinski definition) is 5. The highest BCUT2D eigenvalue weighted by Gasteiger charge is 2.42. The number of esters is 1. The number of rotatable bonds is 6. The van der Waals surface area contributed by atoms with Gasteiger partial charge in [-0.1, -0.05) is 45.0 Å². The summed E-state index contributed by atoms with van der Waals surface area (Å²) in [5.41, 5.74) is 2.54. The van der Waals surface area contributed by atoms with E-state index in [4.69, 9.17) is 4.74 Å². The quantitative estimate of drug-likeness (QED) is 0.257. The molecule has 1 atom stereocenters. The Morgan fingerprint density at radius 1 is 1.19 bits per heavy atom. The zero-order valence-electron chi connectivity index (χ0n) is 18.9. The number of nitriles is 1. The largest absolute Gasteiger partial charge is 0.491 e. The molecule has 172 valence electrons. The zero-order valence-corrected chi connectivity index (χ0v) is 18.9. The lowest BCUT2D eigenvalue weighted by molar-refractivity contribution is -0.216. The van der Waals surface area contributed by atoms with Gasteiger partial charge in [0.2, 0.25) is 6.29 Å². The lowest BCUT2D eigenvalue weighted by Crippen LogP contribution is -2.30. The number of allylic oxidation sites excluding steroid dienone is 1. The van der Waals surface area contributed by atoms with E-state index in [-0.39, 0.29) is 16.7 Å². The molecule has 2 rings (SSSR count). The molecule has 0 radical (unpaired) electrons. The van der Waals surface area contributed by atoms with Crippen molar-refractivity contribution in [2.24, 2.45) is 0 Å². The predicted molar refractivity (Wildman–Crippen MR) is 113 cm³/mol. The molecule has 32 heavy (non-hydrogen) atoms. The summed E-state index contributed by atoms with van der Waals surface area (Å²) in [5.74, 6) is -2.40. The van der Waals surface area contributed by atoms with Crippen LogP contribution in [0.3, 0.4) is 0 Å². The third-order valence-corrected chi connectivity index (χ3v) is 4.60. The molecule has 0 aliphatic rings. The lowest BCUT2D eigenvalue weighted by Gasteiger charge is -2.21. The number of aromatic nitrogens is 2. The molecule has 0 aliphatic carbocycles. The summed E-state index contributed by atoms with van der Waals surface area (Å²) in [7, 11) is 0. The van der Waals surface area contributed by atoms with Crippen LogP contribution < -0.4 is 0 Å². The molecule has 0 saturated carbocycles. The maximum atomic E-state index is 12.6. The first-order valence-electron chi connectivity index (χ1n) is 10.0. The minimum absolute atomic E-state index is 0.0269.